The van der Waals surface area contributed by atoms with E-state index in [4.69, 9.17) is 4.42 Å². The molecule has 19 heavy (non-hydrogen) atoms. The highest BCUT2D eigenvalue weighted by Gasteiger charge is 2.11. The van der Waals surface area contributed by atoms with E-state index in [0.29, 0.717) is 12.1 Å². The minimum absolute atomic E-state index is 0.326. The fraction of sp³-hybridized carbons (Fsp3) is 0.0714. The molecular formula is C14H9BrINO2. The number of aromatic nitrogens is 1. The molecule has 2 aromatic carbocycles. The number of hydrogen-bond acceptors (Lipinski definition) is 2. The third kappa shape index (κ3) is 2.49. The molecule has 0 saturated heterocycles. The van der Waals surface area contributed by atoms with Crippen molar-refractivity contribution in [3.05, 3.63) is 66.6 Å². The van der Waals surface area contributed by atoms with Crippen LogP contribution in [-0.2, 0) is 6.54 Å². The average molecular weight is 430 g/mol. The lowest BCUT2D eigenvalue weighted by atomic mass is 10.2. The maximum Gasteiger partial charge on any atom is 0.420 e. The Hall–Kier alpha value is -1.08. The van der Waals surface area contributed by atoms with Gasteiger partial charge >= 0.3 is 5.76 Å². The molecule has 0 unspecified atom stereocenters. The van der Waals surface area contributed by atoms with E-state index in [1.807, 2.05) is 42.5 Å². The molecule has 0 atom stereocenters. The molecule has 0 aliphatic carbocycles. The zero-order valence-electron chi connectivity index (χ0n) is 9.77. The quantitative estimate of drug-likeness (QED) is 0.577. The maximum absolute atomic E-state index is 11.9. The highest BCUT2D eigenvalue weighted by atomic mass is 127. The van der Waals surface area contributed by atoms with Gasteiger partial charge in [-0.05, 0) is 52.4 Å². The average Bonchev–Trinajstić information content (AvgIpc) is 2.69. The Morgan fingerprint density at radius 2 is 2.00 bits per heavy atom. The second-order valence-electron chi connectivity index (χ2n) is 4.16. The molecule has 0 spiro atoms. The minimum atomic E-state index is -0.326. The summed E-state index contributed by atoms with van der Waals surface area (Å²) in [5.41, 5.74) is 2.50. The van der Waals surface area contributed by atoms with Crippen LogP contribution < -0.4 is 5.76 Å². The number of benzene rings is 2. The summed E-state index contributed by atoms with van der Waals surface area (Å²) in [6, 6.07) is 13.6. The summed E-state index contributed by atoms with van der Waals surface area (Å²) in [6.07, 6.45) is 0. The third-order valence-corrected chi connectivity index (χ3v) is 4.36. The van der Waals surface area contributed by atoms with Crippen LogP contribution in [0.5, 0.6) is 0 Å². The Kier molecular flexibility index (Phi) is 3.49. The standard InChI is InChI=1S/C14H9BrINO2/c15-11-4-2-1-3-9(11)8-17-12-7-10(16)5-6-13(12)19-14(17)18/h1-7H,8H2. The Bertz CT molecular complexity index is 807. The molecule has 0 N–H and O–H groups in total. The van der Waals surface area contributed by atoms with Crippen LogP contribution in [0.25, 0.3) is 11.1 Å². The summed E-state index contributed by atoms with van der Waals surface area (Å²) in [4.78, 5) is 11.9. The van der Waals surface area contributed by atoms with Gasteiger partial charge in [0.25, 0.3) is 0 Å². The van der Waals surface area contributed by atoms with Crippen LogP contribution in [0.2, 0.25) is 0 Å². The first-order chi connectivity index (χ1) is 9.15. The lowest BCUT2D eigenvalue weighted by Crippen LogP contribution is -2.15. The SMILES string of the molecule is O=c1oc2ccc(I)cc2n1Cc1ccccc1Br. The predicted molar refractivity (Wildman–Crippen MR) is 86.4 cm³/mol. The van der Waals surface area contributed by atoms with E-state index in [1.165, 1.54) is 0 Å². The van der Waals surface area contributed by atoms with Gasteiger partial charge in [0.15, 0.2) is 5.58 Å². The Labute approximate surface area is 131 Å². The highest BCUT2D eigenvalue weighted by molar-refractivity contribution is 14.1. The Morgan fingerprint density at radius 3 is 2.79 bits per heavy atom. The molecule has 3 rings (SSSR count). The van der Waals surface area contributed by atoms with Crippen molar-refractivity contribution < 1.29 is 4.42 Å². The third-order valence-electron chi connectivity index (χ3n) is 2.92. The first-order valence-corrected chi connectivity index (χ1v) is 7.54. The summed E-state index contributed by atoms with van der Waals surface area (Å²) in [7, 11) is 0. The van der Waals surface area contributed by atoms with Crippen molar-refractivity contribution in [2.24, 2.45) is 0 Å². The molecule has 1 aromatic heterocycles. The summed E-state index contributed by atoms with van der Waals surface area (Å²) < 4.78 is 8.97. The highest BCUT2D eigenvalue weighted by Crippen LogP contribution is 2.20. The smallest absolute Gasteiger partial charge is 0.408 e. The van der Waals surface area contributed by atoms with Crippen LogP contribution >= 0.6 is 38.5 Å². The van der Waals surface area contributed by atoms with E-state index in [0.717, 1.165) is 19.1 Å². The zero-order chi connectivity index (χ0) is 13.4. The van der Waals surface area contributed by atoms with Gasteiger partial charge in [0, 0.05) is 8.04 Å². The lowest BCUT2D eigenvalue weighted by Gasteiger charge is -2.05. The molecule has 0 bridgehead atoms. The van der Waals surface area contributed by atoms with Crippen molar-refractivity contribution in [2.45, 2.75) is 6.54 Å². The van der Waals surface area contributed by atoms with E-state index in [-0.39, 0.29) is 5.76 Å². The Balaban J connectivity index is 2.15. The largest absolute Gasteiger partial charge is 0.420 e. The first kappa shape index (κ1) is 12.9. The van der Waals surface area contributed by atoms with Gasteiger partial charge in [0.1, 0.15) is 0 Å². The van der Waals surface area contributed by atoms with Gasteiger partial charge in [-0.15, -0.1) is 0 Å². The second-order valence-corrected chi connectivity index (χ2v) is 6.26. The Morgan fingerprint density at radius 1 is 1.21 bits per heavy atom. The molecule has 3 nitrogen and oxygen atoms in total. The van der Waals surface area contributed by atoms with Crippen LogP contribution in [0.4, 0.5) is 0 Å². The lowest BCUT2D eigenvalue weighted by molar-refractivity contribution is 0.517. The molecule has 0 radical (unpaired) electrons. The molecule has 1 heterocycles. The van der Waals surface area contributed by atoms with Gasteiger partial charge in [-0.1, -0.05) is 34.1 Å². The van der Waals surface area contributed by atoms with E-state index in [9.17, 15) is 4.79 Å². The van der Waals surface area contributed by atoms with E-state index >= 15 is 0 Å². The summed E-state index contributed by atoms with van der Waals surface area (Å²) in [5.74, 6) is -0.326. The van der Waals surface area contributed by atoms with Crippen molar-refractivity contribution in [3.63, 3.8) is 0 Å². The number of oxazole rings is 1. The zero-order valence-corrected chi connectivity index (χ0v) is 13.5. The number of rotatable bonds is 2. The fourth-order valence-electron chi connectivity index (χ4n) is 1.98. The molecule has 0 fully saturated rings. The van der Waals surface area contributed by atoms with Gasteiger partial charge in [-0.25, -0.2) is 4.79 Å². The molecule has 0 aliphatic rings. The van der Waals surface area contributed by atoms with Gasteiger partial charge in [0.2, 0.25) is 0 Å². The van der Waals surface area contributed by atoms with Crippen LogP contribution in [0.1, 0.15) is 5.56 Å². The van der Waals surface area contributed by atoms with Crippen molar-refractivity contribution in [1.82, 2.24) is 4.57 Å². The van der Waals surface area contributed by atoms with E-state index in [2.05, 4.69) is 38.5 Å². The van der Waals surface area contributed by atoms with Gasteiger partial charge in [-0.2, -0.15) is 0 Å². The molecule has 96 valence electrons. The van der Waals surface area contributed by atoms with Gasteiger partial charge in [0.05, 0.1) is 12.1 Å². The monoisotopic (exact) mass is 429 g/mol. The van der Waals surface area contributed by atoms with E-state index < -0.39 is 0 Å². The summed E-state index contributed by atoms with van der Waals surface area (Å²) >= 11 is 5.72. The predicted octanol–water partition coefficient (Wildman–Crippen LogP) is 4.01. The number of nitrogens with zero attached hydrogens (tertiary/aromatic N) is 1. The molecule has 0 amide bonds. The van der Waals surface area contributed by atoms with Crippen molar-refractivity contribution >= 4 is 49.6 Å². The van der Waals surface area contributed by atoms with Gasteiger partial charge < -0.3 is 4.42 Å². The molecule has 0 aliphatic heterocycles. The summed E-state index contributed by atoms with van der Waals surface area (Å²) in [5, 5.41) is 0. The molecule has 0 saturated carbocycles. The number of halogens is 2. The van der Waals surface area contributed by atoms with Crippen LogP contribution in [-0.4, -0.2) is 4.57 Å². The minimum Gasteiger partial charge on any atom is -0.408 e. The normalized spacial score (nSPS) is 11.1. The fourth-order valence-corrected chi connectivity index (χ4v) is 2.87. The van der Waals surface area contributed by atoms with Crippen LogP contribution in [0.15, 0.2) is 56.1 Å². The number of fused-ring (bicyclic) bond motifs is 1. The van der Waals surface area contributed by atoms with Crippen molar-refractivity contribution in [2.75, 3.05) is 0 Å². The van der Waals surface area contributed by atoms with E-state index in [1.54, 1.807) is 4.57 Å². The molecular weight excluding hydrogens is 421 g/mol. The summed E-state index contributed by atoms with van der Waals surface area (Å²) in [6.45, 7) is 0.493. The van der Waals surface area contributed by atoms with Crippen LogP contribution in [0.3, 0.4) is 0 Å². The topological polar surface area (TPSA) is 35.1 Å². The first-order valence-electron chi connectivity index (χ1n) is 5.67. The van der Waals surface area contributed by atoms with Gasteiger partial charge in [-0.3, -0.25) is 4.57 Å². The molecule has 3 aromatic rings. The second kappa shape index (κ2) is 5.13. The van der Waals surface area contributed by atoms with Crippen molar-refractivity contribution in [1.29, 1.82) is 0 Å². The molecule has 5 heteroatoms. The maximum atomic E-state index is 11.9. The number of hydrogen-bond donors (Lipinski definition) is 0. The van der Waals surface area contributed by atoms with Crippen molar-refractivity contribution in [3.8, 4) is 0 Å². The van der Waals surface area contributed by atoms with Crippen LogP contribution in [0, 0.1) is 3.57 Å².